The predicted molar refractivity (Wildman–Crippen MR) is 86.2 cm³/mol. The molecule has 0 amide bonds. The molecule has 5 nitrogen and oxygen atoms in total. The van der Waals surface area contributed by atoms with Crippen LogP contribution in [-0.2, 0) is 11.3 Å². The molecule has 4 rings (SSSR count). The van der Waals surface area contributed by atoms with Crippen LogP contribution >= 0.6 is 0 Å². The van der Waals surface area contributed by atoms with Crippen molar-refractivity contribution in [2.24, 2.45) is 0 Å². The lowest BCUT2D eigenvalue weighted by atomic mass is 9.89. The Hall–Kier alpha value is -1.72. The van der Waals surface area contributed by atoms with Gasteiger partial charge in [-0.2, -0.15) is 4.98 Å². The van der Waals surface area contributed by atoms with E-state index in [1.165, 1.54) is 18.4 Å². The van der Waals surface area contributed by atoms with E-state index in [0.717, 1.165) is 51.0 Å². The van der Waals surface area contributed by atoms with E-state index < -0.39 is 0 Å². The Balaban J connectivity index is 1.31. The van der Waals surface area contributed by atoms with Crippen LogP contribution in [0.4, 0.5) is 0 Å². The first kappa shape index (κ1) is 14.8. The van der Waals surface area contributed by atoms with Gasteiger partial charge in [0.2, 0.25) is 5.89 Å². The van der Waals surface area contributed by atoms with Crippen molar-refractivity contribution in [3.8, 4) is 0 Å². The van der Waals surface area contributed by atoms with Gasteiger partial charge in [0.05, 0.1) is 13.2 Å². The highest BCUT2D eigenvalue weighted by Crippen LogP contribution is 2.28. The maximum atomic E-state index is 5.43. The summed E-state index contributed by atoms with van der Waals surface area (Å²) in [5.41, 5.74) is 1.47. The zero-order chi connectivity index (χ0) is 15.5. The van der Waals surface area contributed by atoms with Crippen molar-refractivity contribution in [3.05, 3.63) is 47.6 Å². The monoisotopic (exact) mass is 313 g/mol. The van der Waals surface area contributed by atoms with Gasteiger partial charge in [0.15, 0.2) is 5.82 Å². The first-order valence-corrected chi connectivity index (χ1v) is 8.56. The van der Waals surface area contributed by atoms with E-state index in [1.807, 2.05) is 0 Å². The molecular weight excluding hydrogens is 290 g/mol. The van der Waals surface area contributed by atoms with E-state index in [4.69, 9.17) is 9.26 Å². The summed E-state index contributed by atoms with van der Waals surface area (Å²) >= 11 is 0. The molecule has 1 aromatic heterocycles. The van der Waals surface area contributed by atoms with Crippen LogP contribution < -0.4 is 0 Å². The second kappa shape index (κ2) is 6.81. The number of nitrogens with zero attached hydrogens (tertiary/aromatic N) is 3. The molecule has 2 aromatic rings. The van der Waals surface area contributed by atoms with E-state index in [2.05, 4.69) is 45.4 Å². The number of hydrogen-bond acceptors (Lipinski definition) is 5. The number of piperidine rings is 1. The van der Waals surface area contributed by atoms with Crippen LogP contribution in [0.3, 0.4) is 0 Å². The third kappa shape index (κ3) is 3.46. The van der Waals surface area contributed by atoms with Crippen LogP contribution in [0.15, 0.2) is 34.9 Å². The first-order chi connectivity index (χ1) is 11.4. The average molecular weight is 313 g/mol. The van der Waals surface area contributed by atoms with E-state index in [1.54, 1.807) is 0 Å². The minimum absolute atomic E-state index is 0.316. The molecule has 1 atom stereocenters. The van der Waals surface area contributed by atoms with Crippen molar-refractivity contribution in [2.75, 3.05) is 26.3 Å². The highest BCUT2D eigenvalue weighted by atomic mass is 16.5. The molecule has 1 aromatic carbocycles. The highest BCUT2D eigenvalue weighted by Gasteiger charge is 2.25. The first-order valence-electron chi connectivity index (χ1n) is 8.56. The maximum absolute atomic E-state index is 5.43. The molecule has 122 valence electrons. The van der Waals surface area contributed by atoms with Gasteiger partial charge in [0.1, 0.15) is 0 Å². The number of rotatable bonds is 4. The molecule has 0 aliphatic carbocycles. The quantitative estimate of drug-likeness (QED) is 0.868. The van der Waals surface area contributed by atoms with Crippen molar-refractivity contribution in [1.82, 2.24) is 15.0 Å². The van der Waals surface area contributed by atoms with Crippen molar-refractivity contribution < 1.29 is 9.26 Å². The summed E-state index contributed by atoms with van der Waals surface area (Å²) in [5, 5.41) is 4.13. The molecule has 0 spiro atoms. The van der Waals surface area contributed by atoms with Crippen molar-refractivity contribution in [1.29, 1.82) is 0 Å². The Bertz CT molecular complexity index is 614. The number of aromatic nitrogens is 2. The second-order valence-corrected chi connectivity index (χ2v) is 6.57. The lowest BCUT2D eigenvalue weighted by molar-refractivity contribution is 0.180. The minimum atomic E-state index is 0.316. The van der Waals surface area contributed by atoms with E-state index in [0.29, 0.717) is 11.8 Å². The molecule has 5 heteroatoms. The second-order valence-electron chi connectivity index (χ2n) is 6.57. The van der Waals surface area contributed by atoms with Crippen LogP contribution in [0.25, 0.3) is 0 Å². The minimum Gasteiger partial charge on any atom is -0.381 e. The standard InChI is InChI=1S/C18H23N3O2/c1-2-4-14(5-3-1)15-6-9-21(10-7-15)12-17-19-18(20-23-17)16-8-11-22-13-16/h1-5,15-16H,6-13H2. The fourth-order valence-electron chi connectivity index (χ4n) is 3.58. The molecule has 2 fully saturated rings. The van der Waals surface area contributed by atoms with Crippen LogP contribution in [0.1, 0.15) is 48.4 Å². The van der Waals surface area contributed by atoms with Gasteiger partial charge >= 0.3 is 0 Å². The summed E-state index contributed by atoms with van der Waals surface area (Å²) < 4.78 is 10.8. The molecule has 2 saturated heterocycles. The summed E-state index contributed by atoms with van der Waals surface area (Å²) in [6, 6.07) is 10.8. The molecule has 1 unspecified atom stereocenters. The summed E-state index contributed by atoms with van der Waals surface area (Å²) in [6.45, 7) is 4.47. The Labute approximate surface area is 136 Å². The van der Waals surface area contributed by atoms with Gasteiger partial charge in [0.25, 0.3) is 0 Å². The molecule has 23 heavy (non-hydrogen) atoms. The third-order valence-corrected chi connectivity index (χ3v) is 5.00. The molecular formula is C18H23N3O2. The van der Waals surface area contributed by atoms with Crippen LogP contribution in [-0.4, -0.2) is 41.3 Å². The Morgan fingerprint density at radius 2 is 1.87 bits per heavy atom. The predicted octanol–water partition coefficient (Wildman–Crippen LogP) is 2.95. The van der Waals surface area contributed by atoms with Crippen LogP contribution in [0.2, 0.25) is 0 Å². The van der Waals surface area contributed by atoms with Gasteiger partial charge in [-0.05, 0) is 43.8 Å². The molecule has 0 saturated carbocycles. The molecule has 0 radical (unpaired) electrons. The largest absolute Gasteiger partial charge is 0.381 e. The average Bonchev–Trinajstić information content (AvgIpc) is 3.28. The van der Waals surface area contributed by atoms with Crippen molar-refractivity contribution in [3.63, 3.8) is 0 Å². The van der Waals surface area contributed by atoms with Gasteiger partial charge in [-0.1, -0.05) is 35.5 Å². The normalized spacial score (nSPS) is 23.4. The fraction of sp³-hybridized carbons (Fsp3) is 0.556. The lowest BCUT2D eigenvalue weighted by Gasteiger charge is -2.31. The molecule has 0 bridgehead atoms. The van der Waals surface area contributed by atoms with E-state index in [-0.39, 0.29) is 0 Å². The van der Waals surface area contributed by atoms with Crippen molar-refractivity contribution in [2.45, 2.75) is 37.6 Å². The Kier molecular flexibility index (Phi) is 4.39. The Morgan fingerprint density at radius 1 is 1.04 bits per heavy atom. The zero-order valence-corrected chi connectivity index (χ0v) is 13.4. The van der Waals surface area contributed by atoms with Gasteiger partial charge in [0, 0.05) is 12.5 Å². The zero-order valence-electron chi connectivity index (χ0n) is 13.4. The summed E-state index contributed by atoms with van der Waals surface area (Å²) in [5.74, 6) is 2.55. The topological polar surface area (TPSA) is 51.4 Å². The van der Waals surface area contributed by atoms with E-state index >= 15 is 0 Å². The van der Waals surface area contributed by atoms with Gasteiger partial charge in [-0.25, -0.2) is 0 Å². The smallest absolute Gasteiger partial charge is 0.240 e. The maximum Gasteiger partial charge on any atom is 0.240 e. The van der Waals surface area contributed by atoms with Crippen molar-refractivity contribution >= 4 is 0 Å². The summed E-state index contributed by atoms with van der Waals surface area (Å²) in [6.07, 6.45) is 3.39. The number of hydrogen-bond donors (Lipinski definition) is 0. The molecule has 0 N–H and O–H groups in total. The lowest BCUT2D eigenvalue weighted by Crippen LogP contribution is -2.32. The van der Waals surface area contributed by atoms with Gasteiger partial charge in [-0.15, -0.1) is 0 Å². The molecule has 3 heterocycles. The van der Waals surface area contributed by atoms with Gasteiger partial charge in [-0.3, -0.25) is 4.90 Å². The molecule has 2 aliphatic heterocycles. The Morgan fingerprint density at radius 3 is 2.61 bits per heavy atom. The number of ether oxygens (including phenoxy) is 1. The summed E-state index contributed by atoms with van der Waals surface area (Å²) in [4.78, 5) is 6.98. The highest BCUT2D eigenvalue weighted by molar-refractivity contribution is 5.20. The number of likely N-dealkylation sites (tertiary alicyclic amines) is 1. The van der Waals surface area contributed by atoms with Crippen LogP contribution in [0.5, 0.6) is 0 Å². The van der Waals surface area contributed by atoms with Crippen LogP contribution in [0, 0.1) is 0 Å². The summed E-state index contributed by atoms with van der Waals surface area (Å²) in [7, 11) is 0. The van der Waals surface area contributed by atoms with E-state index in [9.17, 15) is 0 Å². The van der Waals surface area contributed by atoms with Gasteiger partial charge < -0.3 is 9.26 Å². The molecule has 2 aliphatic rings. The fourth-order valence-corrected chi connectivity index (χ4v) is 3.58. The third-order valence-electron chi connectivity index (χ3n) is 5.00. The SMILES string of the molecule is c1ccc(C2CCN(Cc3nc(C4CCOC4)no3)CC2)cc1. The number of benzene rings is 1.